The highest BCUT2D eigenvalue weighted by atomic mass is 19.1. The number of hydrogen-bond donors (Lipinski definition) is 1. The van der Waals surface area contributed by atoms with Gasteiger partial charge in [-0.3, -0.25) is 4.98 Å². The fourth-order valence-electron chi connectivity index (χ4n) is 1.85. The van der Waals surface area contributed by atoms with Gasteiger partial charge < -0.3 is 5.32 Å². The van der Waals surface area contributed by atoms with Gasteiger partial charge in [-0.25, -0.2) is 4.39 Å². The summed E-state index contributed by atoms with van der Waals surface area (Å²) in [4.78, 5) is 4.16. The molecule has 1 atom stereocenters. The van der Waals surface area contributed by atoms with Crippen molar-refractivity contribution in [1.82, 2.24) is 10.3 Å². The molecule has 0 amide bonds. The lowest BCUT2D eigenvalue weighted by Crippen LogP contribution is -2.18. The van der Waals surface area contributed by atoms with E-state index in [0.717, 1.165) is 23.2 Å². The van der Waals surface area contributed by atoms with Crippen molar-refractivity contribution in [1.29, 1.82) is 0 Å². The van der Waals surface area contributed by atoms with Crippen LogP contribution < -0.4 is 5.32 Å². The summed E-state index contributed by atoms with van der Waals surface area (Å²) in [7, 11) is 0. The van der Waals surface area contributed by atoms with Gasteiger partial charge >= 0.3 is 0 Å². The maximum atomic E-state index is 12.8. The summed E-state index contributed by atoms with van der Waals surface area (Å²) >= 11 is 0. The molecule has 0 radical (unpaired) electrons. The Morgan fingerprint density at radius 2 is 1.94 bits per heavy atom. The molecule has 2 nitrogen and oxygen atoms in total. The molecule has 2 aromatic rings. The predicted octanol–water partition coefficient (Wildman–Crippen LogP) is 3.38. The number of rotatable bonds is 4. The average Bonchev–Trinajstić information content (AvgIpc) is 2.37. The van der Waals surface area contributed by atoms with Gasteiger partial charge in [0, 0.05) is 25.0 Å². The minimum Gasteiger partial charge on any atom is -0.306 e. The molecule has 0 spiro atoms. The molecule has 94 valence electrons. The maximum absolute atomic E-state index is 12.8. The van der Waals surface area contributed by atoms with Gasteiger partial charge in [0.05, 0.1) is 0 Å². The highest BCUT2D eigenvalue weighted by Gasteiger charge is 2.05. The quantitative estimate of drug-likeness (QED) is 0.891. The number of hydrogen-bond acceptors (Lipinski definition) is 2. The second-order valence-corrected chi connectivity index (χ2v) is 4.52. The van der Waals surface area contributed by atoms with Crippen molar-refractivity contribution in [3.8, 4) is 0 Å². The zero-order valence-corrected chi connectivity index (χ0v) is 10.7. The molecule has 0 saturated carbocycles. The van der Waals surface area contributed by atoms with E-state index >= 15 is 0 Å². The zero-order chi connectivity index (χ0) is 13.0. The topological polar surface area (TPSA) is 24.9 Å². The van der Waals surface area contributed by atoms with E-state index < -0.39 is 0 Å². The fourth-order valence-corrected chi connectivity index (χ4v) is 1.85. The van der Waals surface area contributed by atoms with Crippen LogP contribution in [0.15, 0.2) is 42.7 Å². The molecule has 2 rings (SSSR count). The molecule has 0 aliphatic carbocycles. The Kier molecular flexibility index (Phi) is 4.05. The Morgan fingerprint density at radius 1 is 1.22 bits per heavy atom. The normalized spacial score (nSPS) is 12.4. The van der Waals surface area contributed by atoms with Crippen LogP contribution in [0.5, 0.6) is 0 Å². The minimum atomic E-state index is -0.200. The van der Waals surface area contributed by atoms with Gasteiger partial charge in [-0.2, -0.15) is 0 Å². The van der Waals surface area contributed by atoms with Crippen molar-refractivity contribution >= 4 is 0 Å². The summed E-state index contributed by atoms with van der Waals surface area (Å²) in [5, 5.41) is 3.40. The summed E-state index contributed by atoms with van der Waals surface area (Å²) in [6, 6.07) is 8.88. The van der Waals surface area contributed by atoms with Crippen LogP contribution in [0, 0.1) is 12.7 Å². The zero-order valence-electron chi connectivity index (χ0n) is 10.7. The van der Waals surface area contributed by atoms with Crippen molar-refractivity contribution in [3.63, 3.8) is 0 Å². The van der Waals surface area contributed by atoms with Gasteiger partial charge in [0.1, 0.15) is 5.82 Å². The molecule has 1 heterocycles. The van der Waals surface area contributed by atoms with Crippen molar-refractivity contribution in [2.24, 2.45) is 0 Å². The van der Waals surface area contributed by atoms with Crippen LogP contribution >= 0.6 is 0 Å². The van der Waals surface area contributed by atoms with E-state index in [9.17, 15) is 4.39 Å². The molecule has 0 aliphatic heterocycles. The molecule has 3 heteroatoms. The lowest BCUT2D eigenvalue weighted by atomic mass is 10.1. The number of nitrogens with one attached hydrogen (secondary N) is 1. The molecule has 0 fully saturated rings. The molecule has 1 N–H and O–H groups in total. The van der Waals surface area contributed by atoms with Gasteiger partial charge in [0.15, 0.2) is 0 Å². The standard InChI is InChI=1S/C15H17FN2/c1-11-7-13(9-17-8-11)10-18-12(2)14-3-5-15(16)6-4-14/h3-9,12,18H,10H2,1-2H3/t12-/m0/s1. The van der Waals surface area contributed by atoms with E-state index in [1.54, 1.807) is 0 Å². The molecule has 1 aromatic carbocycles. The van der Waals surface area contributed by atoms with Crippen molar-refractivity contribution < 1.29 is 4.39 Å². The van der Waals surface area contributed by atoms with Crippen molar-refractivity contribution in [3.05, 3.63) is 65.2 Å². The highest BCUT2D eigenvalue weighted by Crippen LogP contribution is 2.13. The van der Waals surface area contributed by atoms with Crippen LogP contribution in [0.4, 0.5) is 4.39 Å². The predicted molar refractivity (Wildman–Crippen MR) is 70.6 cm³/mol. The van der Waals surface area contributed by atoms with E-state index in [1.165, 1.54) is 12.1 Å². The minimum absolute atomic E-state index is 0.186. The molecular weight excluding hydrogens is 227 g/mol. The molecular formula is C15H17FN2. The van der Waals surface area contributed by atoms with Gasteiger partial charge in [-0.05, 0) is 42.7 Å². The van der Waals surface area contributed by atoms with Gasteiger partial charge in [0.25, 0.3) is 0 Å². The Bertz CT molecular complexity index is 508. The van der Waals surface area contributed by atoms with Gasteiger partial charge in [-0.15, -0.1) is 0 Å². The second kappa shape index (κ2) is 5.74. The van der Waals surface area contributed by atoms with Crippen LogP contribution in [0.2, 0.25) is 0 Å². The summed E-state index contributed by atoms with van der Waals surface area (Å²) < 4.78 is 12.8. The first kappa shape index (κ1) is 12.7. The monoisotopic (exact) mass is 244 g/mol. The first-order valence-corrected chi connectivity index (χ1v) is 6.04. The van der Waals surface area contributed by atoms with Crippen LogP contribution in [0.3, 0.4) is 0 Å². The van der Waals surface area contributed by atoms with E-state index in [0.29, 0.717) is 0 Å². The number of halogens is 1. The Balaban J connectivity index is 1.96. The first-order chi connectivity index (χ1) is 8.65. The maximum Gasteiger partial charge on any atom is 0.123 e. The van der Waals surface area contributed by atoms with Crippen molar-refractivity contribution in [2.75, 3.05) is 0 Å². The highest BCUT2D eigenvalue weighted by molar-refractivity contribution is 5.20. The Hall–Kier alpha value is -1.74. The number of aryl methyl sites for hydroxylation is 1. The molecule has 0 saturated heterocycles. The SMILES string of the molecule is Cc1cncc(CN[C@@H](C)c2ccc(F)cc2)c1. The number of nitrogens with zero attached hydrogens (tertiary/aromatic N) is 1. The molecule has 18 heavy (non-hydrogen) atoms. The molecule has 0 aliphatic rings. The largest absolute Gasteiger partial charge is 0.306 e. The molecule has 0 bridgehead atoms. The van der Waals surface area contributed by atoms with Crippen LogP contribution in [0.25, 0.3) is 0 Å². The fraction of sp³-hybridized carbons (Fsp3) is 0.267. The molecule has 1 aromatic heterocycles. The van der Waals surface area contributed by atoms with E-state index in [4.69, 9.17) is 0 Å². The summed E-state index contributed by atoms with van der Waals surface area (Å²) in [5.41, 5.74) is 3.39. The lowest BCUT2D eigenvalue weighted by Gasteiger charge is -2.14. The third kappa shape index (κ3) is 3.37. The first-order valence-electron chi connectivity index (χ1n) is 6.04. The van der Waals surface area contributed by atoms with Gasteiger partial charge in [-0.1, -0.05) is 18.2 Å². The number of pyridine rings is 1. The summed E-state index contributed by atoms with van der Waals surface area (Å²) in [6.07, 6.45) is 3.70. The third-order valence-corrected chi connectivity index (χ3v) is 2.91. The summed E-state index contributed by atoms with van der Waals surface area (Å²) in [6.45, 7) is 4.85. The third-order valence-electron chi connectivity index (χ3n) is 2.91. The lowest BCUT2D eigenvalue weighted by molar-refractivity contribution is 0.570. The number of benzene rings is 1. The van der Waals surface area contributed by atoms with Crippen LogP contribution in [0.1, 0.15) is 29.7 Å². The van der Waals surface area contributed by atoms with E-state index in [-0.39, 0.29) is 11.9 Å². The molecule has 0 unspecified atom stereocenters. The van der Waals surface area contributed by atoms with Crippen LogP contribution in [-0.4, -0.2) is 4.98 Å². The summed E-state index contributed by atoms with van der Waals surface area (Å²) in [5.74, 6) is -0.200. The second-order valence-electron chi connectivity index (χ2n) is 4.52. The van der Waals surface area contributed by atoms with E-state index in [2.05, 4.69) is 23.3 Å². The van der Waals surface area contributed by atoms with Gasteiger partial charge in [0.2, 0.25) is 0 Å². The van der Waals surface area contributed by atoms with Crippen molar-refractivity contribution in [2.45, 2.75) is 26.4 Å². The Morgan fingerprint density at radius 3 is 2.61 bits per heavy atom. The number of aromatic nitrogens is 1. The Labute approximate surface area is 107 Å². The smallest absolute Gasteiger partial charge is 0.123 e. The van der Waals surface area contributed by atoms with E-state index in [1.807, 2.05) is 31.5 Å². The average molecular weight is 244 g/mol. The van der Waals surface area contributed by atoms with Crippen LogP contribution in [-0.2, 0) is 6.54 Å².